The fraction of sp³-hybridized carbons (Fsp3) is 0.0750. The Morgan fingerprint density at radius 3 is 1.49 bits per heavy atom. The Kier molecular flexibility index (Phi) is 6.15. The molecule has 0 N–H and O–H groups in total. The second kappa shape index (κ2) is 10.5. The molecule has 0 amide bonds. The first-order valence-electron chi connectivity index (χ1n) is 14.9. The molecule has 43 heavy (non-hydrogen) atoms. The zero-order valence-corrected chi connectivity index (χ0v) is 23.9. The summed E-state index contributed by atoms with van der Waals surface area (Å²) in [7, 11) is 0. The highest BCUT2D eigenvalue weighted by Crippen LogP contribution is 2.39. The van der Waals surface area contributed by atoms with Crippen molar-refractivity contribution in [2.24, 2.45) is 5.92 Å². The highest BCUT2D eigenvalue weighted by atomic mass is 15.0. The SMILES string of the molecule is CC1CC=C(c2ccc3c4ccccc4c4ccccc4c3c2)C=C1c1nc(-c2ccccc2)nc(-c2ccccc2)n1. The van der Waals surface area contributed by atoms with Gasteiger partial charge in [-0.25, -0.2) is 15.0 Å². The molecule has 0 aliphatic heterocycles. The van der Waals surface area contributed by atoms with Gasteiger partial charge in [0.1, 0.15) is 0 Å². The number of nitrogens with zero attached hydrogens (tertiary/aromatic N) is 3. The molecule has 0 saturated carbocycles. The molecule has 6 aromatic carbocycles. The Hall–Kier alpha value is -5.41. The number of hydrogen-bond donors (Lipinski definition) is 0. The third-order valence-corrected chi connectivity index (χ3v) is 8.57. The third-order valence-electron chi connectivity index (χ3n) is 8.57. The second-order valence-electron chi connectivity index (χ2n) is 11.3. The Balaban J connectivity index is 1.28. The van der Waals surface area contributed by atoms with Crippen LogP contribution in [0.2, 0.25) is 0 Å². The maximum absolute atomic E-state index is 5.04. The standard InChI is InChI=1S/C40H29N3/c1-26-20-21-29(30-22-23-35-33-18-9-8-16-31(33)32-17-10-11-19-34(32)37(35)25-30)24-36(26)40-42-38(27-12-4-2-5-13-27)41-39(43-40)28-14-6-3-7-15-28/h2-19,21-26H,20H2,1H3. The van der Waals surface area contributed by atoms with Crippen LogP contribution in [0.5, 0.6) is 0 Å². The van der Waals surface area contributed by atoms with Crippen molar-refractivity contribution < 1.29 is 0 Å². The van der Waals surface area contributed by atoms with E-state index in [9.17, 15) is 0 Å². The largest absolute Gasteiger partial charge is 0.209 e. The zero-order chi connectivity index (χ0) is 28.8. The summed E-state index contributed by atoms with van der Waals surface area (Å²) in [6.45, 7) is 2.26. The minimum atomic E-state index is 0.281. The minimum Gasteiger partial charge on any atom is -0.209 e. The molecule has 3 nitrogen and oxygen atoms in total. The summed E-state index contributed by atoms with van der Waals surface area (Å²) < 4.78 is 0. The Morgan fingerprint density at radius 2 is 0.930 bits per heavy atom. The van der Waals surface area contributed by atoms with E-state index in [1.165, 1.54) is 43.5 Å². The van der Waals surface area contributed by atoms with Crippen LogP contribution < -0.4 is 0 Å². The number of aromatic nitrogens is 3. The number of hydrogen-bond acceptors (Lipinski definition) is 3. The van der Waals surface area contributed by atoms with E-state index < -0.39 is 0 Å². The predicted octanol–water partition coefficient (Wildman–Crippen LogP) is 10.2. The fourth-order valence-corrected chi connectivity index (χ4v) is 6.31. The van der Waals surface area contributed by atoms with Crippen LogP contribution in [0.25, 0.3) is 66.2 Å². The molecule has 1 heterocycles. The Morgan fingerprint density at radius 1 is 0.465 bits per heavy atom. The molecule has 1 aliphatic carbocycles. The van der Waals surface area contributed by atoms with Crippen molar-refractivity contribution in [3.8, 4) is 22.8 Å². The summed E-state index contributed by atoms with van der Waals surface area (Å²) in [5.41, 5.74) is 5.51. The second-order valence-corrected chi connectivity index (χ2v) is 11.3. The van der Waals surface area contributed by atoms with E-state index in [2.05, 4.69) is 110 Å². The van der Waals surface area contributed by atoms with E-state index in [0.29, 0.717) is 11.6 Å². The van der Waals surface area contributed by atoms with Gasteiger partial charge in [-0.1, -0.05) is 134 Å². The van der Waals surface area contributed by atoms with Gasteiger partial charge in [-0.05, 0) is 67.9 Å². The van der Waals surface area contributed by atoms with Gasteiger partial charge in [0.25, 0.3) is 0 Å². The number of fused-ring (bicyclic) bond motifs is 6. The molecule has 0 spiro atoms. The molecule has 0 fully saturated rings. The summed E-state index contributed by atoms with van der Waals surface area (Å²) in [6, 6.07) is 44.7. The van der Waals surface area contributed by atoms with Gasteiger partial charge in [-0.15, -0.1) is 0 Å². The molecule has 1 aliphatic rings. The van der Waals surface area contributed by atoms with Crippen molar-refractivity contribution in [1.29, 1.82) is 0 Å². The summed E-state index contributed by atoms with van der Waals surface area (Å²) in [6.07, 6.45) is 5.57. The minimum absolute atomic E-state index is 0.281. The average molecular weight is 552 g/mol. The van der Waals surface area contributed by atoms with Crippen LogP contribution in [0.3, 0.4) is 0 Å². The van der Waals surface area contributed by atoms with Crippen LogP contribution in [-0.4, -0.2) is 15.0 Å². The number of rotatable bonds is 4. The van der Waals surface area contributed by atoms with Gasteiger partial charge in [0, 0.05) is 16.7 Å². The van der Waals surface area contributed by atoms with Crippen molar-refractivity contribution in [2.75, 3.05) is 0 Å². The van der Waals surface area contributed by atoms with E-state index in [4.69, 9.17) is 15.0 Å². The molecule has 0 radical (unpaired) electrons. The summed E-state index contributed by atoms with van der Waals surface area (Å²) in [5, 5.41) is 7.72. The van der Waals surface area contributed by atoms with Gasteiger partial charge >= 0.3 is 0 Å². The van der Waals surface area contributed by atoms with Gasteiger partial charge in [0.05, 0.1) is 0 Å². The Bertz CT molecular complexity index is 2120. The Labute approximate surface area is 250 Å². The van der Waals surface area contributed by atoms with E-state index >= 15 is 0 Å². The third kappa shape index (κ3) is 4.50. The quantitative estimate of drug-likeness (QED) is 0.204. The molecule has 7 aromatic rings. The van der Waals surface area contributed by atoms with Crippen LogP contribution in [0.15, 0.2) is 140 Å². The maximum atomic E-state index is 5.04. The molecule has 1 unspecified atom stereocenters. The average Bonchev–Trinajstić information content (AvgIpc) is 3.09. The molecule has 3 heteroatoms. The van der Waals surface area contributed by atoms with E-state index in [-0.39, 0.29) is 5.92 Å². The molecule has 0 bridgehead atoms. The van der Waals surface area contributed by atoms with Crippen LogP contribution in [-0.2, 0) is 0 Å². The first-order chi connectivity index (χ1) is 21.2. The lowest BCUT2D eigenvalue weighted by atomic mass is 9.85. The molecule has 1 atom stereocenters. The van der Waals surface area contributed by atoms with Crippen LogP contribution in [0, 0.1) is 5.92 Å². The van der Waals surface area contributed by atoms with Crippen LogP contribution in [0.4, 0.5) is 0 Å². The van der Waals surface area contributed by atoms with Crippen LogP contribution in [0.1, 0.15) is 24.7 Å². The lowest BCUT2D eigenvalue weighted by Gasteiger charge is -2.21. The fourth-order valence-electron chi connectivity index (χ4n) is 6.31. The van der Waals surface area contributed by atoms with E-state index in [1.807, 2.05) is 36.4 Å². The molecule has 0 saturated heterocycles. The lowest BCUT2D eigenvalue weighted by molar-refractivity contribution is 0.749. The predicted molar refractivity (Wildman–Crippen MR) is 179 cm³/mol. The van der Waals surface area contributed by atoms with Crippen molar-refractivity contribution in [2.45, 2.75) is 13.3 Å². The number of allylic oxidation sites excluding steroid dienone is 4. The zero-order valence-electron chi connectivity index (χ0n) is 23.9. The topological polar surface area (TPSA) is 38.7 Å². The molecule has 1 aromatic heterocycles. The van der Waals surface area contributed by atoms with Crippen molar-refractivity contribution in [1.82, 2.24) is 15.0 Å². The molecule has 8 rings (SSSR count). The smallest absolute Gasteiger partial charge is 0.164 e. The van der Waals surface area contributed by atoms with E-state index in [1.54, 1.807) is 0 Å². The highest BCUT2D eigenvalue weighted by Gasteiger charge is 2.21. The van der Waals surface area contributed by atoms with Gasteiger partial charge in [0.2, 0.25) is 0 Å². The molecular weight excluding hydrogens is 522 g/mol. The monoisotopic (exact) mass is 551 g/mol. The van der Waals surface area contributed by atoms with Crippen molar-refractivity contribution in [3.05, 3.63) is 151 Å². The maximum Gasteiger partial charge on any atom is 0.164 e. The normalized spacial score (nSPS) is 15.0. The van der Waals surface area contributed by atoms with Gasteiger partial charge in [0.15, 0.2) is 17.5 Å². The highest BCUT2D eigenvalue weighted by molar-refractivity contribution is 6.25. The van der Waals surface area contributed by atoms with Crippen LogP contribution >= 0.6 is 0 Å². The first-order valence-corrected chi connectivity index (χ1v) is 14.9. The van der Waals surface area contributed by atoms with Gasteiger partial charge < -0.3 is 0 Å². The van der Waals surface area contributed by atoms with Crippen molar-refractivity contribution >= 4 is 43.5 Å². The summed E-state index contributed by atoms with van der Waals surface area (Å²) in [4.78, 5) is 15.0. The summed E-state index contributed by atoms with van der Waals surface area (Å²) >= 11 is 0. The van der Waals surface area contributed by atoms with Gasteiger partial charge in [-0.2, -0.15) is 0 Å². The van der Waals surface area contributed by atoms with Crippen molar-refractivity contribution in [3.63, 3.8) is 0 Å². The molecule has 204 valence electrons. The summed E-state index contributed by atoms with van der Waals surface area (Å²) in [5.74, 6) is 2.40. The van der Waals surface area contributed by atoms with E-state index in [0.717, 1.165) is 28.9 Å². The first kappa shape index (κ1) is 25.3. The number of benzene rings is 6. The lowest BCUT2D eigenvalue weighted by Crippen LogP contribution is -2.09. The van der Waals surface area contributed by atoms with Gasteiger partial charge in [-0.3, -0.25) is 0 Å². The molecular formula is C40H29N3.